The SMILES string of the molecule is C=C(C)c1cc(NC(=C)c2ccc(C)nc2)cc(C(=C)PC)c1. The van der Waals surface area contributed by atoms with Crippen LogP contribution in [-0.4, -0.2) is 11.6 Å². The zero-order valence-corrected chi connectivity index (χ0v) is 15.0. The van der Waals surface area contributed by atoms with Crippen LogP contribution in [0.25, 0.3) is 16.6 Å². The summed E-state index contributed by atoms with van der Waals surface area (Å²) in [7, 11) is 0.678. The Morgan fingerprint density at radius 2 is 1.74 bits per heavy atom. The van der Waals surface area contributed by atoms with Crippen LogP contribution >= 0.6 is 8.58 Å². The van der Waals surface area contributed by atoms with Gasteiger partial charge in [-0.05, 0) is 67.3 Å². The zero-order valence-electron chi connectivity index (χ0n) is 14.0. The van der Waals surface area contributed by atoms with Crippen molar-refractivity contribution >= 4 is 30.9 Å². The van der Waals surface area contributed by atoms with Gasteiger partial charge in [-0.25, -0.2) is 0 Å². The molecule has 0 spiro atoms. The molecule has 118 valence electrons. The van der Waals surface area contributed by atoms with Crippen molar-refractivity contribution in [3.63, 3.8) is 0 Å². The largest absolute Gasteiger partial charge is 0.355 e. The summed E-state index contributed by atoms with van der Waals surface area (Å²) in [6.07, 6.45) is 1.83. The first kappa shape index (κ1) is 17.2. The number of aromatic nitrogens is 1. The number of nitrogens with zero attached hydrogens (tertiary/aromatic N) is 1. The van der Waals surface area contributed by atoms with Crippen LogP contribution in [0.15, 0.2) is 56.3 Å². The molecule has 0 saturated carbocycles. The predicted octanol–water partition coefficient (Wildman–Crippen LogP) is 5.78. The first-order valence-corrected chi connectivity index (χ1v) is 8.97. The number of aryl methyl sites for hydroxylation is 1. The van der Waals surface area contributed by atoms with E-state index in [1.165, 1.54) is 0 Å². The quantitative estimate of drug-likeness (QED) is 0.681. The summed E-state index contributed by atoms with van der Waals surface area (Å²) < 4.78 is 0. The molecule has 1 aromatic heterocycles. The minimum Gasteiger partial charge on any atom is -0.355 e. The van der Waals surface area contributed by atoms with E-state index >= 15 is 0 Å². The van der Waals surface area contributed by atoms with E-state index in [0.29, 0.717) is 8.58 Å². The molecule has 0 aliphatic heterocycles. The Labute approximate surface area is 140 Å². The molecule has 0 aliphatic carbocycles. The number of anilines is 1. The van der Waals surface area contributed by atoms with Crippen LogP contribution in [0.4, 0.5) is 5.69 Å². The molecule has 0 saturated heterocycles. The Morgan fingerprint density at radius 1 is 1.04 bits per heavy atom. The van der Waals surface area contributed by atoms with Gasteiger partial charge in [-0.3, -0.25) is 4.98 Å². The second-order valence-corrected chi connectivity index (χ2v) is 6.70. The van der Waals surface area contributed by atoms with Gasteiger partial charge in [0.1, 0.15) is 0 Å². The van der Waals surface area contributed by atoms with Gasteiger partial charge in [0.05, 0.1) is 0 Å². The molecular formula is C20H23N2P. The van der Waals surface area contributed by atoms with Crippen molar-refractivity contribution in [2.24, 2.45) is 0 Å². The standard InChI is InChI=1S/C20H23N2P/c1-13(2)18-9-19(16(5)23-6)11-20(10-18)22-15(4)17-8-7-14(3)21-12-17/h7-12,22-23H,1,4-5H2,2-3,6H3. The third kappa shape index (κ3) is 4.40. The van der Waals surface area contributed by atoms with Gasteiger partial charge < -0.3 is 5.32 Å². The number of nitrogens with one attached hydrogen (secondary N) is 1. The summed E-state index contributed by atoms with van der Waals surface area (Å²) in [4.78, 5) is 4.32. The Balaban J connectivity index is 2.32. The lowest BCUT2D eigenvalue weighted by atomic mass is 10.0. The summed E-state index contributed by atoms with van der Waals surface area (Å²) in [5.74, 6) is 0. The van der Waals surface area contributed by atoms with Gasteiger partial charge >= 0.3 is 0 Å². The van der Waals surface area contributed by atoms with Gasteiger partial charge in [0, 0.05) is 28.8 Å². The molecule has 0 fully saturated rings. The maximum Gasteiger partial charge on any atom is 0.0400 e. The van der Waals surface area contributed by atoms with Gasteiger partial charge in [0.25, 0.3) is 0 Å². The molecule has 2 nitrogen and oxygen atoms in total. The van der Waals surface area contributed by atoms with Crippen molar-refractivity contribution in [2.75, 3.05) is 12.0 Å². The van der Waals surface area contributed by atoms with E-state index in [1.54, 1.807) is 0 Å². The lowest BCUT2D eigenvalue weighted by Gasteiger charge is -2.14. The number of hydrogen-bond acceptors (Lipinski definition) is 2. The van der Waals surface area contributed by atoms with Crippen molar-refractivity contribution in [2.45, 2.75) is 13.8 Å². The number of benzene rings is 1. The van der Waals surface area contributed by atoms with Gasteiger partial charge in [0.15, 0.2) is 0 Å². The summed E-state index contributed by atoms with van der Waals surface area (Å²) in [6.45, 7) is 18.5. The van der Waals surface area contributed by atoms with Crippen LogP contribution in [0, 0.1) is 6.92 Å². The average molecular weight is 322 g/mol. The molecule has 0 bridgehead atoms. The molecule has 3 heteroatoms. The zero-order chi connectivity index (χ0) is 17.0. The topological polar surface area (TPSA) is 24.9 Å². The fourth-order valence-corrected chi connectivity index (χ4v) is 2.59. The fraction of sp³-hybridized carbons (Fsp3) is 0.150. The average Bonchev–Trinajstić information content (AvgIpc) is 2.54. The molecule has 0 radical (unpaired) electrons. The monoisotopic (exact) mass is 322 g/mol. The fourth-order valence-electron chi connectivity index (χ4n) is 2.16. The Kier molecular flexibility index (Phi) is 5.52. The van der Waals surface area contributed by atoms with E-state index in [9.17, 15) is 0 Å². The first-order valence-electron chi connectivity index (χ1n) is 7.47. The highest BCUT2D eigenvalue weighted by atomic mass is 31.1. The summed E-state index contributed by atoms with van der Waals surface area (Å²) in [6, 6.07) is 10.3. The maximum atomic E-state index is 4.32. The van der Waals surface area contributed by atoms with Gasteiger partial charge in [-0.1, -0.05) is 33.9 Å². The second kappa shape index (κ2) is 7.39. The number of pyridine rings is 1. The smallest absolute Gasteiger partial charge is 0.0400 e. The minimum absolute atomic E-state index is 0.678. The van der Waals surface area contributed by atoms with Crippen LogP contribution in [0.1, 0.15) is 29.3 Å². The van der Waals surface area contributed by atoms with E-state index in [0.717, 1.165) is 44.7 Å². The molecule has 1 N–H and O–H groups in total. The molecule has 0 aliphatic rings. The molecular weight excluding hydrogens is 299 g/mol. The highest BCUT2D eigenvalue weighted by Crippen LogP contribution is 2.33. The number of rotatable bonds is 6. The van der Waals surface area contributed by atoms with Crippen LogP contribution in [0.3, 0.4) is 0 Å². The van der Waals surface area contributed by atoms with E-state index < -0.39 is 0 Å². The Morgan fingerprint density at radius 3 is 2.30 bits per heavy atom. The van der Waals surface area contributed by atoms with Crippen LogP contribution < -0.4 is 5.32 Å². The Bertz CT molecular complexity index is 758. The van der Waals surface area contributed by atoms with Crippen molar-refractivity contribution < 1.29 is 0 Å². The summed E-state index contributed by atoms with van der Waals surface area (Å²) in [5, 5.41) is 4.52. The van der Waals surface area contributed by atoms with Crippen molar-refractivity contribution in [1.82, 2.24) is 4.98 Å². The van der Waals surface area contributed by atoms with Gasteiger partial charge in [-0.15, -0.1) is 0 Å². The van der Waals surface area contributed by atoms with Crippen molar-refractivity contribution in [3.05, 3.63) is 78.6 Å². The summed E-state index contributed by atoms with van der Waals surface area (Å²) >= 11 is 0. The summed E-state index contributed by atoms with van der Waals surface area (Å²) in [5.41, 5.74) is 7.08. The normalized spacial score (nSPS) is 10.7. The van der Waals surface area contributed by atoms with Crippen LogP contribution in [-0.2, 0) is 0 Å². The molecule has 2 rings (SSSR count). The second-order valence-electron chi connectivity index (χ2n) is 5.60. The molecule has 1 heterocycles. The highest BCUT2D eigenvalue weighted by Gasteiger charge is 2.06. The predicted molar refractivity (Wildman–Crippen MR) is 106 cm³/mol. The third-order valence-corrected chi connectivity index (χ3v) is 4.52. The van der Waals surface area contributed by atoms with E-state index in [-0.39, 0.29) is 0 Å². The van der Waals surface area contributed by atoms with E-state index in [2.05, 4.69) is 54.9 Å². The van der Waals surface area contributed by atoms with Crippen molar-refractivity contribution in [3.8, 4) is 0 Å². The minimum atomic E-state index is 0.678. The molecule has 1 unspecified atom stereocenters. The van der Waals surface area contributed by atoms with E-state index in [1.807, 2.05) is 32.2 Å². The lowest BCUT2D eigenvalue weighted by molar-refractivity contribution is 1.19. The van der Waals surface area contributed by atoms with E-state index in [4.69, 9.17) is 0 Å². The number of allylic oxidation sites excluding steroid dienone is 1. The maximum absolute atomic E-state index is 4.32. The Hall–Kier alpha value is -2.18. The van der Waals surface area contributed by atoms with Crippen LogP contribution in [0.2, 0.25) is 0 Å². The molecule has 1 aromatic carbocycles. The van der Waals surface area contributed by atoms with Gasteiger partial charge in [0.2, 0.25) is 0 Å². The third-order valence-electron chi connectivity index (χ3n) is 3.63. The lowest BCUT2D eigenvalue weighted by Crippen LogP contribution is -1.99. The number of hydrogen-bond donors (Lipinski definition) is 1. The first-order chi connectivity index (χ1) is 10.9. The molecule has 1 atom stereocenters. The highest BCUT2D eigenvalue weighted by molar-refractivity contribution is 7.49. The van der Waals surface area contributed by atoms with Crippen LogP contribution in [0.5, 0.6) is 0 Å². The molecule has 2 aromatic rings. The van der Waals surface area contributed by atoms with Crippen molar-refractivity contribution in [1.29, 1.82) is 0 Å². The molecule has 0 amide bonds. The molecule has 23 heavy (non-hydrogen) atoms. The van der Waals surface area contributed by atoms with Gasteiger partial charge in [-0.2, -0.15) is 0 Å².